The number of hydrogen-bond acceptors (Lipinski definition) is 2. The van der Waals surface area contributed by atoms with Crippen molar-refractivity contribution in [1.82, 2.24) is 5.32 Å². The van der Waals surface area contributed by atoms with Gasteiger partial charge in [0.25, 0.3) is 0 Å². The molecule has 1 fully saturated rings. The van der Waals surface area contributed by atoms with E-state index in [2.05, 4.69) is 16.7 Å². The van der Waals surface area contributed by atoms with Gasteiger partial charge in [0.2, 0.25) is 0 Å². The Balaban J connectivity index is 1.68. The minimum absolute atomic E-state index is 0.125. The predicted octanol–water partition coefficient (Wildman–Crippen LogP) is 2.75. The summed E-state index contributed by atoms with van der Waals surface area (Å²) in [6.45, 7) is 1.33. The Morgan fingerprint density at radius 3 is 2.79 bits per heavy atom. The lowest BCUT2D eigenvalue weighted by Crippen LogP contribution is -2.38. The van der Waals surface area contributed by atoms with Crippen molar-refractivity contribution in [2.75, 3.05) is 18.5 Å². The van der Waals surface area contributed by atoms with Crippen molar-refractivity contribution in [2.24, 2.45) is 0 Å². The van der Waals surface area contributed by atoms with Crippen LogP contribution < -0.4 is 10.6 Å². The lowest BCUT2D eigenvalue weighted by Gasteiger charge is -2.12. The van der Waals surface area contributed by atoms with Gasteiger partial charge in [0.1, 0.15) is 0 Å². The summed E-state index contributed by atoms with van der Waals surface area (Å²) in [6.07, 6.45) is 0.880. The quantitative estimate of drug-likeness (QED) is 0.868. The second-order valence-corrected chi connectivity index (χ2v) is 4.72. The summed E-state index contributed by atoms with van der Waals surface area (Å²) in [5.74, 6) is 0. The summed E-state index contributed by atoms with van der Waals surface area (Å²) in [7, 11) is 0. The standard InChI is InChI=1S/C15H16N2O2/c18-15(17-14-7-8-19-10-14)16-13-6-5-11-3-1-2-4-12(11)9-13/h1-6,9,14H,7-8,10H2,(H2,16,17,18). The van der Waals surface area contributed by atoms with E-state index in [-0.39, 0.29) is 12.1 Å². The first-order chi connectivity index (χ1) is 9.31. The molecule has 2 N–H and O–H groups in total. The van der Waals surface area contributed by atoms with Crippen LogP contribution in [0.2, 0.25) is 0 Å². The highest BCUT2D eigenvalue weighted by Gasteiger charge is 2.17. The molecule has 1 saturated heterocycles. The number of fused-ring (bicyclic) bond motifs is 1. The first-order valence-corrected chi connectivity index (χ1v) is 6.45. The Morgan fingerprint density at radius 1 is 1.16 bits per heavy atom. The number of ether oxygens (including phenoxy) is 1. The average Bonchev–Trinajstić information content (AvgIpc) is 2.91. The van der Waals surface area contributed by atoms with E-state index < -0.39 is 0 Å². The SMILES string of the molecule is O=C(Nc1ccc2ccccc2c1)NC1CCOC1. The van der Waals surface area contributed by atoms with Crippen LogP contribution in [0.15, 0.2) is 42.5 Å². The lowest BCUT2D eigenvalue weighted by atomic mass is 10.1. The van der Waals surface area contributed by atoms with Gasteiger partial charge in [-0.1, -0.05) is 30.3 Å². The molecule has 3 rings (SSSR count). The number of urea groups is 1. The molecule has 1 unspecified atom stereocenters. The van der Waals surface area contributed by atoms with Gasteiger partial charge in [-0.3, -0.25) is 0 Å². The molecule has 1 aliphatic rings. The summed E-state index contributed by atoms with van der Waals surface area (Å²) in [6, 6.07) is 13.9. The highest BCUT2D eigenvalue weighted by Crippen LogP contribution is 2.18. The number of amides is 2. The monoisotopic (exact) mass is 256 g/mol. The van der Waals surface area contributed by atoms with Crippen LogP contribution in [0.5, 0.6) is 0 Å². The van der Waals surface area contributed by atoms with Gasteiger partial charge in [-0.15, -0.1) is 0 Å². The number of benzene rings is 2. The molecule has 0 aromatic heterocycles. The largest absolute Gasteiger partial charge is 0.379 e. The van der Waals surface area contributed by atoms with E-state index in [1.54, 1.807) is 0 Å². The van der Waals surface area contributed by atoms with Crippen molar-refractivity contribution >= 4 is 22.5 Å². The van der Waals surface area contributed by atoms with Crippen LogP contribution in [-0.4, -0.2) is 25.3 Å². The Kier molecular flexibility index (Phi) is 3.33. The molecule has 0 aliphatic carbocycles. The molecule has 4 heteroatoms. The normalized spacial score (nSPS) is 18.4. The van der Waals surface area contributed by atoms with Crippen LogP contribution in [0.4, 0.5) is 10.5 Å². The Bertz CT molecular complexity index is 591. The topological polar surface area (TPSA) is 50.4 Å². The molecule has 2 aromatic carbocycles. The van der Waals surface area contributed by atoms with E-state index in [9.17, 15) is 4.79 Å². The molecule has 2 aromatic rings. The molecular weight excluding hydrogens is 240 g/mol. The Labute approximate surface area is 111 Å². The van der Waals surface area contributed by atoms with Crippen molar-refractivity contribution in [3.63, 3.8) is 0 Å². The van der Waals surface area contributed by atoms with Gasteiger partial charge in [0.15, 0.2) is 0 Å². The maximum atomic E-state index is 11.8. The molecule has 1 heterocycles. The third kappa shape index (κ3) is 2.85. The predicted molar refractivity (Wildman–Crippen MR) is 75.3 cm³/mol. The Hall–Kier alpha value is -2.07. The molecule has 0 radical (unpaired) electrons. The minimum Gasteiger partial charge on any atom is -0.379 e. The lowest BCUT2D eigenvalue weighted by molar-refractivity contribution is 0.189. The zero-order valence-corrected chi connectivity index (χ0v) is 10.6. The van der Waals surface area contributed by atoms with Crippen molar-refractivity contribution in [3.05, 3.63) is 42.5 Å². The van der Waals surface area contributed by atoms with Crippen LogP contribution in [-0.2, 0) is 4.74 Å². The molecule has 0 saturated carbocycles. The van der Waals surface area contributed by atoms with Gasteiger partial charge in [0, 0.05) is 12.3 Å². The maximum Gasteiger partial charge on any atom is 0.319 e. The summed E-state index contributed by atoms with van der Waals surface area (Å²) in [4.78, 5) is 11.8. The van der Waals surface area contributed by atoms with Crippen LogP contribution >= 0.6 is 0 Å². The maximum absolute atomic E-state index is 11.8. The smallest absolute Gasteiger partial charge is 0.319 e. The molecule has 19 heavy (non-hydrogen) atoms. The van der Waals surface area contributed by atoms with Crippen molar-refractivity contribution in [3.8, 4) is 0 Å². The van der Waals surface area contributed by atoms with Gasteiger partial charge in [-0.05, 0) is 29.3 Å². The number of nitrogens with one attached hydrogen (secondary N) is 2. The third-order valence-electron chi connectivity index (χ3n) is 3.27. The van der Waals surface area contributed by atoms with E-state index in [1.807, 2.05) is 36.4 Å². The van der Waals surface area contributed by atoms with Crippen molar-refractivity contribution < 1.29 is 9.53 Å². The molecule has 1 aliphatic heterocycles. The fourth-order valence-corrected chi connectivity index (χ4v) is 2.27. The third-order valence-corrected chi connectivity index (χ3v) is 3.27. The van der Waals surface area contributed by atoms with Crippen LogP contribution in [0.1, 0.15) is 6.42 Å². The van der Waals surface area contributed by atoms with Crippen LogP contribution in [0, 0.1) is 0 Å². The number of carbonyl (C=O) groups is 1. The highest BCUT2D eigenvalue weighted by atomic mass is 16.5. The van der Waals surface area contributed by atoms with E-state index in [4.69, 9.17) is 4.74 Å². The average molecular weight is 256 g/mol. The molecule has 4 nitrogen and oxygen atoms in total. The molecule has 2 amide bonds. The number of rotatable bonds is 2. The summed E-state index contributed by atoms with van der Waals surface area (Å²) in [5, 5.41) is 8.04. The van der Waals surface area contributed by atoms with E-state index >= 15 is 0 Å². The second kappa shape index (κ2) is 5.28. The van der Waals surface area contributed by atoms with Gasteiger partial charge < -0.3 is 15.4 Å². The fraction of sp³-hybridized carbons (Fsp3) is 0.267. The first kappa shape index (κ1) is 12.0. The number of hydrogen-bond donors (Lipinski definition) is 2. The van der Waals surface area contributed by atoms with Gasteiger partial charge in [0.05, 0.1) is 12.6 Å². The molecule has 0 spiro atoms. The second-order valence-electron chi connectivity index (χ2n) is 4.72. The molecule has 1 atom stereocenters. The number of carbonyl (C=O) groups excluding carboxylic acids is 1. The molecular formula is C15H16N2O2. The van der Waals surface area contributed by atoms with Crippen molar-refractivity contribution in [2.45, 2.75) is 12.5 Å². The van der Waals surface area contributed by atoms with E-state index in [0.29, 0.717) is 6.61 Å². The fourth-order valence-electron chi connectivity index (χ4n) is 2.27. The van der Waals surface area contributed by atoms with E-state index in [1.165, 1.54) is 0 Å². The summed E-state index contributed by atoms with van der Waals surface area (Å²) in [5.41, 5.74) is 0.801. The van der Waals surface area contributed by atoms with E-state index in [0.717, 1.165) is 29.5 Å². The molecule has 0 bridgehead atoms. The van der Waals surface area contributed by atoms with Gasteiger partial charge in [-0.25, -0.2) is 4.79 Å². The summed E-state index contributed by atoms with van der Waals surface area (Å²) < 4.78 is 5.22. The summed E-state index contributed by atoms with van der Waals surface area (Å²) >= 11 is 0. The van der Waals surface area contributed by atoms with Crippen LogP contribution in [0.3, 0.4) is 0 Å². The van der Waals surface area contributed by atoms with Crippen LogP contribution in [0.25, 0.3) is 10.8 Å². The first-order valence-electron chi connectivity index (χ1n) is 6.45. The highest BCUT2D eigenvalue weighted by molar-refractivity contribution is 5.93. The van der Waals surface area contributed by atoms with Gasteiger partial charge in [-0.2, -0.15) is 0 Å². The minimum atomic E-state index is -0.175. The Morgan fingerprint density at radius 2 is 2.00 bits per heavy atom. The van der Waals surface area contributed by atoms with Gasteiger partial charge >= 0.3 is 6.03 Å². The number of anilines is 1. The zero-order valence-electron chi connectivity index (χ0n) is 10.6. The van der Waals surface area contributed by atoms with Crippen molar-refractivity contribution in [1.29, 1.82) is 0 Å². The molecule has 98 valence electrons. The zero-order chi connectivity index (χ0) is 13.1.